The summed E-state index contributed by atoms with van der Waals surface area (Å²) in [5.74, 6) is -13.1. The highest BCUT2D eigenvalue weighted by Crippen LogP contribution is 2.26. The molecule has 0 saturated heterocycles. The molecule has 12 atom stereocenters. The molecule has 0 aliphatic heterocycles. The number of carbonyl (C=O) groups is 14. The van der Waals surface area contributed by atoms with Crippen LogP contribution in [0.3, 0.4) is 0 Å². The lowest BCUT2D eigenvalue weighted by Crippen LogP contribution is -2.70. The Morgan fingerprint density at radius 3 is 1.25 bits per heavy atom. The van der Waals surface area contributed by atoms with Crippen LogP contribution in [0.2, 0.25) is 0 Å². The molecule has 12 amide bonds. The second-order valence-electron chi connectivity index (χ2n) is 37.3. The van der Waals surface area contributed by atoms with Gasteiger partial charge in [-0.15, -0.1) is 0 Å². The molecule has 0 unspecified atom stereocenters. The van der Waals surface area contributed by atoms with Crippen LogP contribution in [-0.2, 0) is 123 Å². The Balaban J connectivity index is 1.45. The van der Waals surface area contributed by atoms with Gasteiger partial charge in [0, 0.05) is 55.9 Å². The summed E-state index contributed by atoms with van der Waals surface area (Å²) in [5, 5.41) is 30.3. The molecular weight excluding hydrogens is 1690 g/mol. The van der Waals surface area contributed by atoms with E-state index in [0.717, 1.165) is 7.11 Å². The Hall–Kier alpha value is -12.3. The zero-order chi connectivity index (χ0) is 97.2. The third-order valence-corrected chi connectivity index (χ3v) is 20.0. The minimum absolute atomic E-state index is 0.0613. The molecule has 35 nitrogen and oxygen atoms in total. The number of carbonyl (C=O) groups excluding carboxylic acids is 14. The van der Waals surface area contributed by atoms with E-state index in [-0.39, 0.29) is 64.6 Å². The molecule has 0 saturated carbocycles. The SMILES string of the molecule is COC(=O)[C@H](COC(C)(C)C)NC(=O)[C@H](Cc1c[nH]c2ccccc12)NC(=O)[C@H](Cc1ccccc1)NC(=O)[C@H](Cc1ccccc1)NC(=O)[C@H](CC(N)=O)NC(=O)[C@](CCCCNC(=O)OC(C)(C)C)(NC(=O)[C@@H](NC(=O)[C@H](Cc1ccccc1)NC(=O)[C@@H](NC(=O)[C@@H](N)CCCCNC(=O)OC(C)(C)C)[C@@H](C)OC(C)(C)C)[C@@H](C)OC(C)(C)C)C(=O)OCc1ccccc1. The summed E-state index contributed by atoms with van der Waals surface area (Å²) < 4.78 is 40.5. The number of H-pyrrole nitrogens is 1. The maximum atomic E-state index is 16.3. The van der Waals surface area contributed by atoms with Crippen LogP contribution < -0.4 is 70.0 Å². The summed E-state index contributed by atoms with van der Waals surface area (Å²) in [6.07, 6.45) is -4.56. The fourth-order valence-electron chi connectivity index (χ4n) is 13.9. The van der Waals surface area contributed by atoms with E-state index in [1.54, 1.807) is 244 Å². The number of methoxy groups -OCH3 is 1. The van der Waals surface area contributed by atoms with Gasteiger partial charge in [0.15, 0.2) is 6.04 Å². The Morgan fingerprint density at radius 2 is 0.809 bits per heavy atom. The molecule has 6 aromatic rings. The van der Waals surface area contributed by atoms with Crippen LogP contribution in [-0.4, -0.2) is 215 Å². The number of nitrogens with two attached hydrogens (primary N) is 2. The molecule has 0 radical (unpaired) electrons. The van der Waals surface area contributed by atoms with Crippen molar-refractivity contribution in [2.45, 2.75) is 295 Å². The maximum absolute atomic E-state index is 16.3. The van der Waals surface area contributed by atoms with Crippen LogP contribution in [0.1, 0.15) is 190 Å². The monoisotopic (exact) mass is 1820 g/mol. The molecule has 131 heavy (non-hydrogen) atoms. The van der Waals surface area contributed by atoms with Crippen molar-refractivity contribution in [1.82, 2.24) is 63.5 Å². The molecular formula is C96H136N14O21. The van der Waals surface area contributed by atoms with Crippen molar-refractivity contribution in [2.24, 2.45) is 11.5 Å². The van der Waals surface area contributed by atoms with Gasteiger partial charge in [0.2, 0.25) is 58.7 Å². The molecule has 716 valence electrons. The average Bonchev–Trinajstić information content (AvgIpc) is 1.41. The van der Waals surface area contributed by atoms with E-state index in [1.165, 1.54) is 6.92 Å². The van der Waals surface area contributed by atoms with Crippen LogP contribution in [0.5, 0.6) is 0 Å². The normalized spacial score (nSPS) is 14.8. The van der Waals surface area contributed by atoms with Gasteiger partial charge in [-0.2, -0.15) is 0 Å². The predicted molar refractivity (Wildman–Crippen MR) is 491 cm³/mol. The first-order valence-electron chi connectivity index (χ1n) is 44.1. The molecule has 35 heteroatoms. The molecule has 0 fully saturated rings. The quantitative estimate of drug-likeness (QED) is 0.00799. The topological polar surface area (TPSA) is 504 Å². The van der Waals surface area contributed by atoms with Crippen molar-refractivity contribution in [3.63, 3.8) is 0 Å². The standard InChI is InChI=1S/C96H136N14O21/c1-59(128-92(6,7)8)76(108-78(112)67(97)46-33-35-49-99-89(123)130-94(12,13)14)84(118)105-71(53-63-41-27-21-28-42-63)83(117)109-77(60(2)129-93(9,10)11)85(119)110-96(88(122)126-57-64-43-29-22-30-44-64,48-34-36-50-100-90(124)131-95(15,16)17)87(121)107-73(55-75(98)111)82(116)103-69(51-61-37-23-19-24-38-61)79(113)102-70(52-62-39-25-20-26-40-62)80(114)104-72(54-65-56-101-68-47-32-31-45-66(65)68)81(115)106-74(86(120)125-18)58-127-91(3,4)5/h19-32,37-45,47,56,59-60,67,69-74,76-77,101H,33-36,46,48-55,57-58,97H2,1-18H3,(H2,98,111)(H,99,123)(H,100,124)(H,102,113)(H,103,116)(H,104,114)(H,105,118)(H,106,115)(H,107,121)(H,108,112)(H,109,117)(H,110,119)/t59-,60-,67+,69+,70+,71+,72+,73+,74+,76+,77+,96+/m1/s1. The van der Waals surface area contributed by atoms with Gasteiger partial charge in [-0.05, 0) is 190 Å². The number of benzene rings is 5. The third-order valence-electron chi connectivity index (χ3n) is 20.0. The number of hydrogen-bond donors (Lipinski definition) is 14. The van der Waals surface area contributed by atoms with Gasteiger partial charge in [-0.25, -0.2) is 19.2 Å². The highest BCUT2D eigenvalue weighted by molar-refractivity contribution is 6.12. The van der Waals surface area contributed by atoms with Crippen LogP contribution in [0, 0.1) is 0 Å². The molecule has 0 aliphatic carbocycles. The molecule has 0 spiro atoms. The Kier molecular flexibility index (Phi) is 41.1. The minimum atomic E-state index is -3.05. The Bertz CT molecular complexity index is 4770. The van der Waals surface area contributed by atoms with Crippen LogP contribution >= 0.6 is 0 Å². The molecule has 1 heterocycles. The van der Waals surface area contributed by atoms with Gasteiger partial charge in [-0.1, -0.05) is 140 Å². The van der Waals surface area contributed by atoms with Crippen LogP contribution in [0.25, 0.3) is 10.9 Å². The van der Waals surface area contributed by atoms with Gasteiger partial charge in [0.25, 0.3) is 5.91 Å². The first kappa shape index (κ1) is 107. The fourth-order valence-corrected chi connectivity index (χ4v) is 13.9. The molecule has 0 bridgehead atoms. The number of aromatic nitrogens is 1. The van der Waals surface area contributed by atoms with E-state index in [9.17, 15) is 28.8 Å². The van der Waals surface area contributed by atoms with Crippen LogP contribution in [0.15, 0.2) is 152 Å². The largest absolute Gasteiger partial charge is 0.467 e. The second-order valence-corrected chi connectivity index (χ2v) is 37.3. The van der Waals surface area contributed by atoms with Crippen molar-refractivity contribution in [3.05, 3.63) is 180 Å². The summed E-state index contributed by atoms with van der Waals surface area (Å²) in [7, 11) is 1.14. The van der Waals surface area contributed by atoms with Crippen molar-refractivity contribution in [3.8, 4) is 0 Å². The van der Waals surface area contributed by atoms with E-state index in [2.05, 4.69) is 63.5 Å². The lowest BCUT2D eigenvalue weighted by molar-refractivity contribution is -0.162. The van der Waals surface area contributed by atoms with E-state index >= 15 is 38.4 Å². The van der Waals surface area contributed by atoms with Crippen molar-refractivity contribution in [2.75, 3.05) is 26.8 Å². The molecule has 6 rings (SSSR count). The summed E-state index contributed by atoms with van der Waals surface area (Å²) in [6, 6.07) is 26.0. The fraction of sp³-hybridized carbons (Fsp3) is 0.521. The van der Waals surface area contributed by atoms with Gasteiger partial charge in [-0.3, -0.25) is 47.9 Å². The molecule has 0 aliphatic rings. The Labute approximate surface area is 767 Å². The number of nitrogens with one attached hydrogen (secondary N) is 12. The second kappa shape index (κ2) is 50.2. The van der Waals surface area contributed by atoms with Crippen molar-refractivity contribution < 1.29 is 100 Å². The van der Waals surface area contributed by atoms with E-state index in [4.69, 9.17) is 44.6 Å². The minimum Gasteiger partial charge on any atom is -0.467 e. The van der Waals surface area contributed by atoms with Gasteiger partial charge in [0.05, 0.1) is 55.2 Å². The van der Waals surface area contributed by atoms with Crippen molar-refractivity contribution in [1.29, 1.82) is 0 Å². The third kappa shape index (κ3) is 38.3. The zero-order valence-corrected chi connectivity index (χ0v) is 78.6. The van der Waals surface area contributed by atoms with Gasteiger partial charge >= 0.3 is 24.1 Å². The number of alkyl carbamates (subject to hydrolysis) is 2. The number of primary amides is 1. The van der Waals surface area contributed by atoms with E-state index in [1.807, 2.05) is 18.2 Å². The van der Waals surface area contributed by atoms with E-state index in [0.29, 0.717) is 51.6 Å². The Morgan fingerprint density at radius 1 is 0.412 bits per heavy atom. The highest BCUT2D eigenvalue weighted by Gasteiger charge is 2.52. The van der Waals surface area contributed by atoms with Gasteiger partial charge in [0.1, 0.15) is 60.1 Å². The first-order valence-corrected chi connectivity index (χ1v) is 44.1. The number of amides is 12. The van der Waals surface area contributed by atoms with Crippen LogP contribution in [0.4, 0.5) is 9.59 Å². The smallest absolute Gasteiger partial charge is 0.407 e. The summed E-state index contributed by atoms with van der Waals surface area (Å²) in [4.78, 5) is 210. The summed E-state index contributed by atoms with van der Waals surface area (Å²) >= 11 is 0. The average molecular weight is 1820 g/mol. The highest BCUT2D eigenvalue weighted by atomic mass is 16.6. The number of fused-ring (bicyclic) bond motifs is 1. The predicted octanol–water partition coefficient (Wildman–Crippen LogP) is 6.90. The van der Waals surface area contributed by atoms with Crippen molar-refractivity contribution >= 4 is 94.1 Å². The number of ether oxygens (including phenoxy) is 7. The summed E-state index contributed by atoms with van der Waals surface area (Å²) in [5.41, 5.74) is 8.03. The maximum Gasteiger partial charge on any atom is 0.407 e. The molecule has 16 N–H and O–H groups in total. The first-order chi connectivity index (χ1) is 61.4. The number of unbranched alkanes of at least 4 members (excludes halogenated alkanes) is 2. The number of esters is 2. The van der Waals surface area contributed by atoms with E-state index < -0.39 is 203 Å². The number of rotatable bonds is 48. The summed E-state index contributed by atoms with van der Waals surface area (Å²) in [6.45, 7) is 27.6. The number of hydrogen-bond acceptors (Lipinski definition) is 22. The zero-order valence-electron chi connectivity index (χ0n) is 78.6. The lowest BCUT2D eigenvalue weighted by Gasteiger charge is -2.36. The molecule has 1 aromatic heterocycles. The number of aromatic amines is 1. The lowest BCUT2D eigenvalue weighted by atomic mass is 9.89. The number of para-hydroxylation sites is 1. The molecule has 5 aromatic carbocycles. The van der Waals surface area contributed by atoms with Gasteiger partial charge < -0.3 is 108 Å².